The maximum Gasteiger partial charge on any atom is 0.419 e. The van der Waals surface area contributed by atoms with Gasteiger partial charge in [-0.1, -0.05) is 6.07 Å². The predicted molar refractivity (Wildman–Crippen MR) is 57.3 cm³/mol. The van der Waals surface area contributed by atoms with Gasteiger partial charge in [0.25, 0.3) is 0 Å². The third-order valence-electron chi connectivity index (χ3n) is 3.61. The second kappa shape index (κ2) is 4.20. The molecular formula is C12H13F4NO. The summed E-state index contributed by atoms with van der Waals surface area (Å²) in [4.78, 5) is 0. The molecule has 18 heavy (non-hydrogen) atoms. The van der Waals surface area contributed by atoms with Crippen LogP contribution in [0.3, 0.4) is 0 Å². The molecule has 0 spiro atoms. The van der Waals surface area contributed by atoms with Crippen molar-refractivity contribution in [2.75, 3.05) is 13.2 Å². The standard InChI is InChI=1S/C12H13F4NO/c13-10-2-1-7(3-8(10)12(14,15)16)9-4-11(9,5-17)6-18/h1-3,9,18H,4-6,17H2. The summed E-state index contributed by atoms with van der Waals surface area (Å²) in [7, 11) is 0. The topological polar surface area (TPSA) is 46.2 Å². The van der Waals surface area contributed by atoms with Crippen LogP contribution in [0, 0.1) is 11.2 Å². The van der Waals surface area contributed by atoms with Crippen LogP contribution in [0.25, 0.3) is 0 Å². The molecule has 2 atom stereocenters. The first kappa shape index (κ1) is 13.3. The summed E-state index contributed by atoms with van der Waals surface area (Å²) in [6.45, 7) is 0.0276. The fraction of sp³-hybridized carbons (Fsp3) is 0.500. The lowest BCUT2D eigenvalue weighted by Gasteiger charge is -2.13. The van der Waals surface area contributed by atoms with Gasteiger partial charge >= 0.3 is 6.18 Å². The number of hydrogen-bond acceptors (Lipinski definition) is 2. The van der Waals surface area contributed by atoms with Crippen LogP contribution >= 0.6 is 0 Å². The monoisotopic (exact) mass is 263 g/mol. The molecular weight excluding hydrogens is 250 g/mol. The number of halogens is 4. The molecule has 0 amide bonds. The molecule has 2 nitrogen and oxygen atoms in total. The summed E-state index contributed by atoms with van der Waals surface area (Å²) >= 11 is 0. The van der Waals surface area contributed by atoms with Crippen LogP contribution in [0.1, 0.15) is 23.5 Å². The molecule has 0 bridgehead atoms. The van der Waals surface area contributed by atoms with Crippen LogP contribution in [0.4, 0.5) is 17.6 Å². The van der Waals surface area contributed by atoms with E-state index in [1.807, 2.05) is 0 Å². The second-order valence-corrected chi connectivity index (χ2v) is 4.72. The van der Waals surface area contributed by atoms with E-state index in [1.54, 1.807) is 0 Å². The zero-order valence-electron chi connectivity index (χ0n) is 9.47. The van der Waals surface area contributed by atoms with Crippen LogP contribution < -0.4 is 5.73 Å². The SMILES string of the molecule is NCC1(CO)CC1c1ccc(F)c(C(F)(F)F)c1. The van der Waals surface area contributed by atoms with Crippen molar-refractivity contribution in [2.45, 2.75) is 18.5 Å². The third-order valence-corrected chi connectivity index (χ3v) is 3.61. The van der Waals surface area contributed by atoms with E-state index in [2.05, 4.69) is 0 Å². The summed E-state index contributed by atoms with van der Waals surface area (Å²) in [6.07, 6.45) is -4.18. The van der Waals surface area contributed by atoms with E-state index in [0.717, 1.165) is 12.1 Å². The van der Waals surface area contributed by atoms with Crippen LogP contribution in [0.15, 0.2) is 18.2 Å². The quantitative estimate of drug-likeness (QED) is 0.822. The lowest BCUT2D eigenvalue weighted by atomic mass is 9.98. The maximum atomic E-state index is 13.1. The molecule has 1 aliphatic carbocycles. The number of benzene rings is 1. The zero-order valence-corrected chi connectivity index (χ0v) is 9.47. The average molecular weight is 263 g/mol. The van der Waals surface area contributed by atoms with Gasteiger partial charge in [0.05, 0.1) is 12.2 Å². The van der Waals surface area contributed by atoms with Gasteiger partial charge in [-0.3, -0.25) is 0 Å². The summed E-state index contributed by atoms with van der Waals surface area (Å²) < 4.78 is 50.8. The molecule has 2 rings (SSSR count). The van der Waals surface area contributed by atoms with Crippen molar-refractivity contribution >= 4 is 0 Å². The largest absolute Gasteiger partial charge is 0.419 e. The minimum Gasteiger partial charge on any atom is -0.396 e. The fourth-order valence-corrected chi connectivity index (χ4v) is 2.26. The smallest absolute Gasteiger partial charge is 0.396 e. The van der Waals surface area contributed by atoms with Crippen molar-refractivity contribution in [1.29, 1.82) is 0 Å². The van der Waals surface area contributed by atoms with Crippen molar-refractivity contribution < 1.29 is 22.7 Å². The van der Waals surface area contributed by atoms with Crippen molar-refractivity contribution in [3.8, 4) is 0 Å². The second-order valence-electron chi connectivity index (χ2n) is 4.72. The normalized spacial score (nSPS) is 27.3. The number of rotatable bonds is 3. The van der Waals surface area contributed by atoms with E-state index in [9.17, 15) is 22.7 Å². The lowest BCUT2D eigenvalue weighted by Crippen LogP contribution is -2.21. The summed E-state index contributed by atoms with van der Waals surface area (Å²) in [5.41, 5.74) is 4.07. The Bertz CT molecular complexity index is 454. The number of nitrogens with two attached hydrogens (primary N) is 1. The average Bonchev–Trinajstić information content (AvgIpc) is 3.03. The summed E-state index contributed by atoms with van der Waals surface area (Å²) in [5, 5.41) is 9.20. The van der Waals surface area contributed by atoms with Crippen molar-refractivity contribution in [1.82, 2.24) is 0 Å². The van der Waals surface area contributed by atoms with Crippen molar-refractivity contribution in [3.05, 3.63) is 35.1 Å². The first-order valence-corrected chi connectivity index (χ1v) is 5.51. The van der Waals surface area contributed by atoms with E-state index in [4.69, 9.17) is 5.73 Å². The Balaban J connectivity index is 2.33. The lowest BCUT2D eigenvalue weighted by molar-refractivity contribution is -0.140. The molecule has 2 unspecified atom stereocenters. The van der Waals surface area contributed by atoms with E-state index in [1.165, 1.54) is 6.07 Å². The van der Waals surface area contributed by atoms with Crippen LogP contribution in [0.2, 0.25) is 0 Å². The molecule has 0 saturated heterocycles. The fourth-order valence-electron chi connectivity index (χ4n) is 2.26. The molecule has 0 heterocycles. The first-order valence-electron chi connectivity index (χ1n) is 5.51. The van der Waals surface area contributed by atoms with E-state index in [0.29, 0.717) is 12.0 Å². The van der Waals surface area contributed by atoms with Crippen LogP contribution in [-0.2, 0) is 6.18 Å². The molecule has 1 aromatic carbocycles. The van der Waals surface area contributed by atoms with Gasteiger partial charge in [0.2, 0.25) is 0 Å². The van der Waals surface area contributed by atoms with E-state index >= 15 is 0 Å². The molecule has 1 aromatic rings. The van der Waals surface area contributed by atoms with Gasteiger partial charge in [0.1, 0.15) is 5.82 Å². The Morgan fingerprint density at radius 1 is 1.39 bits per heavy atom. The highest BCUT2D eigenvalue weighted by Crippen LogP contribution is 2.58. The number of alkyl halides is 3. The molecule has 0 aromatic heterocycles. The van der Waals surface area contributed by atoms with E-state index in [-0.39, 0.29) is 19.1 Å². The minimum atomic E-state index is -4.71. The summed E-state index contributed by atoms with van der Waals surface area (Å²) in [5.74, 6) is -1.51. The molecule has 3 N–H and O–H groups in total. The van der Waals surface area contributed by atoms with Crippen LogP contribution in [0.5, 0.6) is 0 Å². The highest BCUT2D eigenvalue weighted by Gasteiger charge is 2.53. The first-order chi connectivity index (χ1) is 8.34. The van der Waals surface area contributed by atoms with Gasteiger partial charge in [-0.2, -0.15) is 13.2 Å². The highest BCUT2D eigenvalue weighted by atomic mass is 19.4. The molecule has 0 aliphatic heterocycles. The van der Waals surface area contributed by atoms with Crippen LogP contribution in [-0.4, -0.2) is 18.3 Å². The summed E-state index contributed by atoms with van der Waals surface area (Å²) in [6, 6.07) is 2.95. The van der Waals surface area contributed by atoms with E-state index < -0.39 is 23.0 Å². The van der Waals surface area contributed by atoms with Gasteiger partial charge < -0.3 is 10.8 Å². The van der Waals surface area contributed by atoms with Gasteiger partial charge in [-0.05, 0) is 30.0 Å². The molecule has 6 heteroatoms. The third kappa shape index (κ3) is 2.10. The molecule has 1 aliphatic rings. The maximum absolute atomic E-state index is 13.1. The Labute approximate surface area is 101 Å². The molecule has 1 saturated carbocycles. The Hall–Kier alpha value is -1.14. The van der Waals surface area contributed by atoms with Gasteiger partial charge in [-0.25, -0.2) is 4.39 Å². The highest BCUT2D eigenvalue weighted by molar-refractivity contribution is 5.35. The number of hydrogen-bond donors (Lipinski definition) is 2. The van der Waals surface area contributed by atoms with Gasteiger partial charge in [0, 0.05) is 12.0 Å². The molecule has 0 radical (unpaired) electrons. The predicted octanol–water partition coefficient (Wildman–Crippen LogP) is 2.27. The van der Waals surface area contributed by atoms with Gasteiger partial charge in [-0.15, -0.1) is 0 Å². The minimum absolute atomic E-state index is 0.174. The number of aliphatic hydroxyl groups excluding tert-OH is 1. The van der Waals surface area contributed by atoms with Crippen molar-refractivity contribution in [3.63, 3.8) is 0 Å². The Kier molecular flexibility index (Phi) is 3.11. The molecule has 100 valence electrons. The molecule has 1 fully saturated rings. The Morgan fingerprint density at radius 2 is 2.06 bits per heavy atom. The number of aliphatic hydroxyl groups is 1. The zero-order chi connectivity index (χ0) is 13.6. The van der Waals surface area contributed by atoms with Gasteiger partial charge in [0.15, 0.2) is 0 Å². The Morgan fingerprint density at radius 3 is 2.50 bits per heavy atom. The van der Waals surface area contributed by atoms with Crippen molar-refractivity contribution in [2.24, 2.45) is 11.1 Å².